The van der Waals surface area contributed by atoms with Gasteiger partial charge in [0.15, 0.2) is 0 Å². The van der Waals surface area contributed by atoms with Gasteiger partial charge in [0.1, 0.15) is 0 Å². The van der Waals surface area contributed by atoms with Gasteiger partial charge in [0.25, 0.3) is 0 Å². The van der Waals surface area contributed by atoms with Gasteiger partial charge in [-0.1, -0.05) is 24.3 Å². The Labute approximate surface area is 87.7 Å². The van der Waals surface area contributed by atoms with Gasteiger partial charge in [0.2, 0.25) is 0 Å². The van der Waals surface area contributed by atoms with E-state index in [1.54, 1.807) is 30.3 Å². The lowest BCUT2D eigenvalue weighted by Crippen LogP contribution is -1.97. The van der Waals surface area contributed by atoms with Gasteiger partial charge in [-0.05, 0) is 17.2 Å². The maximum absolute atomic E-state index is 10.9. The lowest BCUT2D eigenvalue weighted by Gasteiger charge is -1.96. The number of hydrogen-bond donors (Lipinski definition) is 1. The summed E-state index contributed by atoms with van der Waals surface area (Å²) in [5.41, 5.74) is 1.67. The summed E-state index contributed by atoms with van der Waals surface area (Å²) in [6, 6.07) is 7.15. The number of carbonyl (C=O) groups excluding carboxylic acids is 1. The summed E-state index contributed by atoms with van der Waals surface area (Å²) in [6.45, 7) is 0.00963. The number of rotatable bonds is 4. The fourth-order valence-electron chi connectivity index (χ4n) is 1.01. The van der Waals surface area contributed by atoms with E-state index in [1.165, 1.54) is 13.2 Å². The van der Waals surface area contributed by atoms with E-state index in [-0.39, 0.29) is 6.61 Å². The first kappa shape index (κ1) is 11.4. The molecule has 0 saturated heterocycles. The van der Waals surface area contributed by atoms with Crippen molar-refractivity contribution in [1.29, 1.82) is 0 Å². The average molecular weight is 208 g/mol. The van der Waals surface area contributed by atoms with Crippen LogP contribution < -0.4 is 0 Å². The van der Waals surface area contributed by atoms with Crippen LogP contribution in [0.15, 0.2) is 30.3 Å². The molecule has 0 heterocycles. The Balaban J connectivity index is 2.60. The van der Waals surface area contributed by atoms with Crippen LogP contribution >= 0.6 is 0 Å². The van der Waals surface area contributed by atoms with E-state index >= 15 is 0 Å². The Hall–Kier alpha value is -1.65. The summed E-state index contributed by atoms with van der Waals surface area (Å²) in [7, 11) is 1.27. The molecule has 0 bridgehead atoms. The summed E-state index contributed by atoms with van der Waals surface area (Å²) < 4.78 is 0. The first-order chi connectivity index (χ1) is 7.26. The molecule has 0 amide bonds. The fourth-order valence-corrected chi connectivity index (χ4v) is 1.01. The van der Waals surface area contributed by atoms with Crippen molar-refractivity contribution < 1.29 is 19.7 Å². The lowest BCUT2D eigenvalue weighted by molar-refractivity contribution is -0.249. The average Bonchev–Trinajstić information content (AvgIpc) is 2.27. The number of hydrogen-bond acceptors (Lipinski definition) is 4. The van der Waals surface area contributed by atoms with Gasteiger partial charge in [0, 0.05) is 6.08 Å². The van der Waals surface area contributed by atoms with E-state index in [1.807, 2.05) is 0 Å². The summed E-state index contributed by atoms with van der Waals surface area (Å²) in [6.07, 6.45) is 2.86. The molecule has 0 spiro atoms. The molecule has 1 aromatic rings. The number of aliphatic hydroxyl groups excluding tert-OH is 1. The van der Waals surface area contributed by atoms with Crippen LogP contribution in [0.5, 0.6) is 0 Å². The highest BCUT2D eigenvalue weighted by atomic mass is 17.2. The third-order valence-electron chi connectivity index (χ3n) is 1.74. The topological polar surface area (TPSA) is 55.8 Å². The highest BCUT2D eigenvalue weighted by Crippen LogP contribution is 2.06. The molecule has 15 heavy (non-hydrogen) atoms. The predicted molar refractivity (Wildman–Crippen MR) is 54.5 cm³/mol. The van der Waals surface area contributed by atoms with Crippen LogP contribution in [0.4, 0.5) is 0 Å². The molecule has 0 fully saturated rings. The summed E-state index contributed by atoms with van der Waals surface area (Å²) >= 11 is 0. The SMILES string of the molecule is COOC(=O)C=Cc1ccc(CO)cc1. The molecule has 0 unspecified atom stereocenters. The van der Waals surface area contributed by atoms with Crippen LogP contribution in [0, 0.1) is 0 Å². The molecule has 0 radical (unpaired) electrons. The van der Waals surface area contributed by atoms with Gasteiger partial charge in [-0.2, -0.15) is 4.89 Å². The first-order valence-corrected chi connectivity index (χ1v) is 4.38. The molecular weight excluding hydrogens is 196 g/mol. The van der Waals surface area contributed by atoms with E-state index < -0.39 is 5.97 Å². The molecule has 80 valence electrons. The fraction of sp³-hybridized carbons (Fsp3) is 0.182. The van der Waals surface area contributed by atoms with E-state index in [0.717, 1.165) is 11.1 Å². The Morgan fingerprint density at radius 3 is 2.60 bits per heavy atom. The number of carbonyl (C=O) groups is 1. The van der Waals surface area contributed by atoms with Crippen molar-refractivity contribution in [3.63, 3.8) is 0 Å². The van der Waals surface area contributed by atoms with Crippen molar-refractivity contribution in [2.75, 3.05) is 7.11 Å². The molecule has 1 rings (SSSR count). The van der Waals surface area contributed by atoms with Crippen LogP contribution in [0.2, 0.25) is 0 Å². The summed E-state index contributed by atoms with van der Waals surface area (Å²) in [4.78, 5) is 19.3. The van der Waals surface area contributed by atoms with Gasteiger partial charge in [-0.15, -0.1) is 0 Å². The van der Waals surface area contributed by atoms with Crippen LogP contribution in [0.3, 0.4) is 0 Å². The van der Waals surface area contributed by atoms with Gasteiger partial charge in [-0.25, -0.2) is 4.79 Å². The minimum atomic E-state index is -0.566. The van der Waals surface area contributed by atoms with Crippen molar-refractivity contribution in [2.45, 2.75) is 6.61 Å². The van der Waals surface area contributed by atoms with Crippen molar-refractivity contribution >= 4 is 12.0 Å². The molecular formula is C11H12O4. The number of aliphatic hydroxyl groups is 1. The molecule has 4 nitrogen and oxygen atoms in total. The Morgan fingerprint density at radius 1 is 1.40 bits per heavy atom. The third kappa shape index (κ3) is 3.93. The lowest BCUT2D eigenvalue weighted by atomic mass is 10.1. The van der Waals surface area contributed by atoms with E-state index in [9.17, 15) is 4.79 Å². The second-order valence-corrected chi connectivity index (χ2v) is 2.80. The molecule has 0 aliphatic carbocycles. The molecule has 1 N–H and O–H groups in total. The summed E-state index contributed by atoms with van der Waals surface area (Å²) in [5.74, 6) is -0.566. The quantitative estimate of drug-likeness (QED) is 0.460. The van der Waals surface area contributed by atoms with Crippen LogP contribution in [-0.2, 0) is 21.2 Å². The maximum Gasteiger partial charge on any atom is 0.365 e. The highest BCUT2D eigenvalue weighted by Gasteiger charge is 1.95. The van der Waals surface area contributed by atoms with Crippen LogP contribution in [0.25, 0.3) is 6.08 Å². The normalized spacial score (nSPS) is 10.5. The molecule has 0 aliphatic rings. The number of benzene rings is 1. The molecule has 0 atom stereocenters. The zero-order chi connectivity index (χ0) is 11.1. The van der Waals surface area contributed by atoms with Crippen molar-refractivity contribution in [3.8, 4) is 0 Å². The second-order valence-electron chi connectivity index (χ2n) is 2.80. The van der Waals surface area contributed by atoms with Gasteiger partial charge >= 0.3 is 5.97 Å². The Kier molecular flexibility index (Phi) is 4.53. The Morgan fingerprint density at radius 2 is 2.07 bits per heavy atom. The monoisotopic (exact) mass is 208 g/mol. The largest absolute Gasteiger partial charge is 0.392 e. The minimum absolute atomic E-state index is 0.00963. The van der Waals surface area contributed by atoms with Crippen molar-refractivity contribution in [3.05, 3.63) is 41.5 Å². The predicted octanol–water partition coefficient (Wildman–Crippen LogP) is 1.30. The first-order valence-electron chi connectivity index (χ1n) is 4.38. The second kappa shape index (κ2) is 5.95. The van der Waals surface area contributed by atoms with E-state index in [2.05, 4.69) is 9.78 Å². The molecule has 0 saturated carbocycles. The van der Waals surface area contributed by atoms with Gasteiger partial charge in [-0.3, -0.25) is 4.89 Å². The summed E-state index contributed by atoms with van der Waals surface area (Å²) in [5, 5.41) is 8.81. The smallest absolute Gasteiger partial charge is 0.365 e. The zero-order valence-corrected chi connectivity index (χ0v) is 8.34. The maximum atomic E-state index is 10.9. The van der Waals surface area contributed by atoms with E-state index in [4.69, 9.17) is 5.11 Å². The molecule has 1 aromatic carbocycles. The van der Waals surface area contributed by atoms with E-state index in [0.29, 0.717) is 0 Å². The van der Waals surface area contributed by atoms with Crippen molar-refractivity contribution in [2.24, 2.45) is 0 Å². The van der Waals surface area contributed by atoms with Crippen molar-refractivity contribution in [1.82, 2.24) is 0 Å². The minimum Gasteiger partial charge on any atom is -0.392 e. The molecule has 0 aromatic heterocycles. The van der Waals surface area contributed by atoms with Gasteiger partial charge in [0.05, 0.1) is 13.7 Å². The third-order valence-corrected chi connectivity index (χ3v) is 1.74. The Bertz CT molecular complexity index is 340. The molecule has 4 heteroatoms. The highest BCUT2D eigenvalue weighted by molar-refractivity contribution is 5.86. The molecule has 0 aliphatic heterocycles. The zero-order valence-electron chi connectivity index (χ0n) is 8.34. The van der Waals surface area contributed by atoms with Crippen LogP contribution in [-0.4, -0.2) is 18.2 Å². The standard InChI is InChI=1S/C11H12O4/c1-14-15-11(13)7-6-9-2-4-10(8-12)5-3-9/h2-7,12H,8H2,1H3. The van der Waals surface area contributed by atoms with Gasteiger partial charge < -0.3 is 5.11 Å². The van der Waals surface area contributed by atoms with Crippen LogP contribution in [0.1, 0.15) is 11.1 Å².